The number of aromatic hydroxyl groups is 1. The second-order valence-electron chi connectivity index (χ2n) is 13.6. The van der Waals surface area contributed by atoms with Crippen molar-refractivity contribution >= 4 is 11.8 Å². The lowest BCUT2D eigenvalue weighted by Crippen LogP contribution is -2.47. The molecule has 0 bridgehead atoms. The van der Waals surface area contributed by atoms with Gasteiger partial charge in [0, 0.05) is 6.42 Å². The van der Waals surface area contributed by atoms with E-state index in [0.29, 0.717) is 35.2 Å². The van der Waals surface area contributed by atoms with Gasteiger partial charge in [0.25, 0.3) is 0 Å². The first-order chi connectivity index (χ1) is 19.8. The Morgan fingerprint density at radius 2 is 1.67 bits per heavy atom. The number of phenolic OH excluding ortho intramolecular Hbond substituents is 1. The zero-order chi connectivity index (χ0) is 30.5. The average Bonchev–Trinajstić information content (AvgIpc) is 3.22. The van der Waals surface area contributed by atoms with Gasteiger partial charge in [-0.2, -0.15) is 33.7 Å². The van der Waals surface area contributed by atoms with E-state index in [1.165, 1.54) is 42.2 Å². The maximum absolute atomic E-state index is 12.9. The van der Waals surface area contributed by atoms with Gasteiger partial charge in [0.2, 0.25) is 0 Å². The zero-order valence-electron chi connectivity index (χ0n) is 25.3. The Bertz CT molecular complexity index is 1010. The van der Waals surface area contributed by atoms with E-state index in [1.807, 2.05) is 12.1 Å². The number of halogens is 5. The van der Waals surface area contributed by atoms with E-state index in [0.717, 1.165) is 70.2 Å². The molecule has 2 N–H and O–H groups in total. The van der Waals surface area contributed by atoms with Crippen molar-refractivity contribution in [2.24, 2.45) is 23.2 Å². The highest BCUT2D eigenvalue weighted by molar-refractivity contribution is 7.99. The Morgan fingerprint density at radius 1 is 0.952 bits per heavy atom. The number of phenols is 1. The predicted octanol–water partition coefficient (Wildman–Crippen LogP) is 8.82. The number of unbranched alkanes of at least 4 members (excludes halogenated alkanes) is 3. The average molecular weight is 620 g/mol. The third-order valence-corrected chi connectivity index (χ3v) is 11.9. The Labute approximate surface area is 253 Å². The van der Waals surface area contributed by atoms with E-state index in [1.54, 1.807) is 0 Å². The number of aliphatic hydroxyl groups is 1. The number of alkyl halides is 5. The van der Waals surface area contributed by atoms with Crippen LogP contribution in [-0.4, -0.2) is 65.0 Å². The van der Waals surface area contributed by atoms with Crippen molar-refractivity contribution in [1.29, 1.82) is 0 Å². The largest absolute Gasteiger partial charge is 0.508 e. The van der Waals surface area contributed by atoms with Crippen LogP contribution in [0.25, 0.3) is 0 Å². The first-order valence-corrected chi connectivity index (χ1v) is 17.2. The zero-order valence-corrected chi connectivity index (χ0v) is 26.1. The van der Waals surface area contributed by atoms with Crippen LogP contribution in [0, 0.1) is 23.2 Å². The monoisotopic (exact) mass is 619 g/mol. The normalized spacial score (nSPS) is 29.4. The summed E-state index contributed by atoms with van der Waals surface area (Å²) in [5, 5.41) is 21.0. The molecule has 1 aromatic carbocycles. The van der Waals surface area contributed by atoms with E-state index in [-0.39, 0.29) is 17.9 Å². The van der Waals surface area contributed by atoms with Gasteiger partial charge in [0.1, 0.15) is 5.75 Å². The van der Waals surface area contributed by atoms with Gasteiger partial charge in [0.15, 0.2) is 0 Å². The van der Waals surface area contributed by atoms with Crippen molar-refractivity contribution < 1.29 is 32.2 Å². The SMILES string of the molecule is CN(CCCCC[C@@H]1Cc2cc(O)ccc2[C@H]2CC[C@]3(C)[C@@H](O)CC[C@H]3[C@H]12)CCCCSCCCC(F)(F)C(F)(F)F. The fraction of sp³-hybridized carbons (Fsp3) is 0.818. The van der Waals surface area contributed by atoms with Crippen LogP contribution < -0.4 is 0 Å². The summed E-state index contributed by atoms with van der Waals surface area (Å²) in [6.45, 7) is 4.31. The van der Waals surface area contributed by atoms with E-state index >= 15 is 0 Å². The van der Waals surface area contributed by atoms with E-state index in [4.69, 9.17) is 0 Å². The summed E-state index contributed by atoms with van der Waals surface area (Å²) in [7, 11) is 2.12. The van der Waals surface area contributed by atoms with E-state index in [2.05, 4.69) is 24.9 Å². The fourth-order valence-electron chi connectivity index (χ4n) is 8.33. The lowest BCUT2D eigenvalue weighted by Gasteiger charge is -2.53. The topological polar surface area (TPSA) is 43.7 Å². The predicted molar refractivity (Wildman–Crippen MR) is 160 cm³/mol. The van der Waals surface area contributed by atoms with Gasteiger partial charge in [-0.15, -0.1) is 0 Å². The maximum Gasteiger partial charge on any atom is 0.453 e. The van der Waals surface area contributed by atoms with Crippen LogP contribution >= 0.6 is 11.8 Å². The van der Waals surface area contributed by atoms with Crippen LogP contribution in [0.3, 0.4) is 0 Å². The number of benzene rings is 1. The van der Waals surface area contributed by atoms with Crippen molar-refractivity contribution in [3.63, 3.8) is 0 Å². The van der Waals surface area contributed by atoms with Crippen molar-refractivity contribution in [1.82, 2.24) is 4.90 Å². The Morgan fingerprint density at radius 3 is 2.40 bits per heavy atom. The fourth-order valence-corrected chi connectivity index (χ4v) is 9.29. The minimum absolute atomic E-state index is 0.0385. The summed E-state index contributed by atoms with van der Waals surface area (Å²) < 4.78 is 62.5. The second-order valence-corrected chi connectivity index (χ2v) is 14.8. The van der Waals surface area contributed by atoms with Gasteiger partial charge in [-0.05, 0) is 148 Å². The minimum atomic E-state index is -5.45. The van der Waals surface area contributed by atoms with Gasteiger partial charge < -0.3 is 15.1 Å². The number of rotatable bonds is 15. The molecule has 0 heterocycles. The molecule has 0 unspecified atom stereocenters. The highest BCUT2D eigenvalue weighted by atomic mass is 32.2. The minimum Gasteiger partial charge on any atom is -0.508 e. The van der Waals surface area contributed by atoms with Gasteiger partial charge in [0.05, 0.1) is 6.10 Å². The summed E-state index contributed by atoms with van der Waals surface area (Å²) in [6.07, 6.45) is 5.00. The molecule has 2 fully saturated rings. The Hall–Kier alpha value is -1.06. The van der Waals surface area contributed by atoms with Crippen LogP contribution in [0.15, 0.2) is 18.2 Å². The number of fused-ring (bicyclic) bond motifs is 5. The molecule has 4 rings (SSSR count). The quantitative estimate of drug-likeness (QED) is 0.152. The molecule has 42 heavy (non-hydrogen) atoms. The number of hydrogen-bond acceptors (Lipinski definition) is 4. The lowest BCUT2D eigenvalue weighted by atomic mass is 9.52. The van der Waals surface area contributed by atoms with Crippen molar-refractivity contribution in [3.8, 4) is 5.75 Å². The highest BCUT2D eigenvalue weighted by Gasteiger charge is 2.57. The molecule has 0 spiro atoms. The molecule has 0 aliphatic heterocycles. The summed E-state index contributed by atoms with van der Waals surface area (Å²) in [6, 6.07) is 5.98. The van der Waals surface area contributed by atoms with E-state index in [9.17, 15) is 32.2 Å². The molecule has 240 valence electrons. The summed E-state index contributed by atoms with van der Waals surface area (Å²) in [5.41, 5.74) is 2.79. The van der Waals surface area contributed by atoms with Gasteiger partial charge in [-0.1, -0.05) is 25.8 Å². The van der Waals surface area contributed by atoms with Crippen LogP contribution in [0.4, 0.5) is 22.0 Å². The number of thioether (sulfide) groups is 1. The van der Waals surface area contributed by atoms with Crippen LogP contribution in [0.1, 0.15) is 101 Å². The first-order valence-electron chi connectivity index (χ1n) is 16.0. The smallest absolute Gasteiger partial charge is 0.453 e. The van der Waals surface area contributed by atoms with Crippen molar-refractivity contribution in [3.05, 3.63) is 29.3 Å². The Kier molecular flexibility index (Phi) is 11.6. The summed E-state index contributed by atoms with van der Waals surface area (Å²) >= 11 is 1.46. The molecule has 0 saturated heterocycles. The third kappa shape index (κ3) is 7.96. The standard InChI is InChI=1S/C33H50F5NO2S/c1-31-16-14-27-26-11-10-25(40)22-24(26)21-23(30(27)28(31)12-13-29(31)41)9-4-3-5-17-39(2)18-6-7-19-42-20-8-15-32(34,35)33(36,37)38/h10-11,22-23,27-30,40-41H,3-9,12-21H2,1-2H3/t23-,27-,28+,29+,30-,31+/m1/s1. The molecule has 3 aliphatic rings. The highest BCUT2D eigenvalue weighted by Crippen LogP contribution is 2.62. The van der Waals surface area contributed by atoms with Crippen LogP contribution in [0.5, 0.6) is 5.75 Å². The molecular weight excluding hydrogens is 569 g/mol. The molecule has 0 aromatic heterocycles. The summed E-state index contributed by atoms with van der Waals surface area (Å²) in [4.78, 5) is 2.33. The lowest BCUT2D eigenvalue weighted by molar-refractivity contribution is -0.284. The third-order valence-electron chi connectivity index (χ3n) is 10.7. The molecule has 0 radical (unpaired) electrons. The molecule has 2 saturated carbocycles. The maximum atomic E-state index is 12.9. The van der Waals surface area contributed by atoms with Gasteiger partial charge in [-0.25, -0.2) is 0 Å². The molecule has 3 nitrogen and oxygen atoms in total. The number of aliphatic hydroxyl groups excluding tert-OH is 1. The number of nitrogens with zero attached hydrogens (tertiary/aromatic N) is 1. The second kappa shape index (κ2) is 14.4. The van der Waals surface area contributed by atoms with Crippen LogP contribution in [-0.2, 0) is 6.42 Å². The molecule has 0 amide bonds. The van der Waals surface area contributed by atoms with Gasteiger partial charge >= 0.3 is 12.1 Å². The molecule has 3 aliphatic carbocycles. The van der Waals surface area contributed by atoms with Gasteiger partial charge in [-0.3, -0.25) is 0 Å². The molecular formula is C33H50F5NO2S. The number of hydrogen-bond donors (Lipinski definition) is 2. The molecule has 9 heteroatoms. The van der Waals surface area contributed by atoms with E-state index < -0.39 is 18.5 Å². The molecule has 6 atom stereocenters. The van der Waals surface area contributed by atoms with Crippen molar-refractivity contribution in [2.75, 3.05) is 31.6 Å². The summed E-state index contributed by atoms with van der Waals surface area (Å²) in [5.74, 6) is -0.800. The molecule has 1 aromatic rings. The van der Waals surface area contributed by atoms with Crippen LogP contribution in [0.2, 0.25) is 0 Å². The first kappa shape index (κ1) is 33.8. The Balaban J connectivity index is 1.14. The van der Waals surface area contributed by atoms with Crippen molar-refractivity contribution in [2.45, 2.75) is 115 Å².